The maximum Gasteiger partial charge on any atom is 0.190 e. The molecule has 8 heteroatoms. The van der Waals surface area contributed by atoms with Gasteiger partial charge in [-0.05, 0) is 48.1 Å². The number of halogens is 2. The summed E-state index contributed by atoms with van der Waals surface area (Å²) in [4.78, 5) is 4.27. The van der Waals surface area contributed by atoms with Gasteiger partial charge < -0.3 is 24.7 Å². The van der Waals surface area contributed by atoms with E-state index in [2.05, 4.69) is 56.7 Å². The second-order valence-corrected chi connectivity index (χ2v) is 7.26. The molecule has 0 amide bonds. The molecule has 0 radical (unpaired) electrons. The number of aromatic nitrogens is 1. The zero-order valence-electron chi connectivity index (χ0n) is 17.6. The van der Waals surface area contributed by atoms with Crippen LogP contribution in [0.4, 0.5) is 4.39 Å². The van der Waals surface area contributed by atoms with Crippen molar-refractivity contribution in [1.29, 1.82) is 0 Å². The monoisotopic (exact) mass is 538 g/mol. The molecule has 0 aliphatic carbocycles. The molecule has 0 spiro atoms. The van der Waals surface area contributed by atoms with Crippen LogP contribution in [0, 0.1) is 5.82 Å². The van der Waals surface area contributed by atoms with E-state index in [1.807, 2.05) is 0 Å². The number of hydrogen-bond acceptors (Lipinski definition) is 3. The van der Waals surface area contributed by atoms with Crippen LogP contribution in [0.3, 0.4) is 0 Å². The Morgan fingerprint density at radius 3 is 2.87 bits per heavy atom. The first-order valence-corrected chi connectivity index (χ1v) is 10.2. The van der Waals surface area contributed by atoms with Crippen LogP contribution >= 0.6 is 24.0 Å². The van der Waals surface area contributed by atoms with Gasteiger partial charge in [-0.15, -0.1) is 24.0 Å². The number of fused-ring (bicyclic) bond motifs is 2. The zero-order valence-corrected chi connectivity index (χ0v) is 19.9. The second kappa shape index (κ2) is 11.3. The lowest BCUT2D eigenvalue weighted by molar-refractivity contribution is -0.0172. The van der Waals surface area contributed by atoms with E-state index in [1.54, 1.807) is 7.05 Å². The summed E-state index contributed by atoms with van der Waals surface area (Å²) in [5.41, 5.74) is 2.86. The molecule has 0 saturated heterocycles. The Balaban J connectivity index is 0.00000272. The van der Waals surface area contributed by atoms with Crippen molar-refractivity contribution >= 4 is 40.8 Å². The minimum atomic E-state index is -0.266. The van der Waals surface area contributed by atoms with E-state index < -0.39 is 0 Å². The highest BCUT2D eigenvalue weighted by atomic mass is 127. The van der Waals surface area contributed by atoms with Crippen LogP contribution in [0.2, 0.25) is 0 Å². The molecule has 1 aromatic heterocycles. The van der Waals surface area contributed by atoms with Crippen LogP contribution in [-0.4, -0.2) is 37.5 Å². The normalized spacial score (nSPS) is 13.3. The van der Waals surface area contributed by atoms with Crippen molar-refractivity contribution in [2.45, 2.75) is 26.0 Å². The van der Waals surface area contributed by atoms with Crippen LogP contribution in [0.25, 0.3) is 10.9 Å². The third-order valence-electron chi connectivity index (χ3n) is 5.21. The van der Waals surface area contributed by atoms with Gasteiger partial charge in [0.05, 0.1) is 6.61 Å². The molecule has 0 saturated carbocycles. The van der Waals surface area contributed by atoms with Crippen molar-refractivity contribution in [2.75, 3.05) is 26.9 Å². The van der Waals surface area contributed by atoms with Crippen molar-refractivity contribution in [1.82, 2.24) is 15.2 Å². The largest absolute Gasteiger partial charge is 0.467 e. The van der Waals surface area contributed by atoms with Crippen LogP contribution < -0.4 is 15.4 Å². The summed E-state index contributed by atoms with van der Waals surface area (Å²) in [7, 11) is 1.75. The van der Waals surface area contributed by atoms with Crippen LogP contribution in [0.15, 0.2) is 53.7 Å². The number of nitrogens with one attached hydrogen (secondary N) is 2. The SMILES string of the molecule is CN=C(NCCCn1ccc2ccccc21)NCCc1cc(F)cc2c1OCOC2.I. The van der Waals surface area contributed by atoms with Gasteiger partial charge in [-0.1, -0.05) is 18.2 Å². The van der Waals surface area contributed by atoms with Gasteiger partial charge in [-0.25, -0.2) is 4.39 Å². The Hall–Kier alpha value is -2.33. The molecule has 166 valence electrons. The minimum Gasteiger partial charge on any atom is -0.467 e. The maximum absolute atomic E-state index is 13.9. The van der Waals surface area contributed by atoms with Crippen LogP contribution in [-0.2, 0) is 24.3 Å². The van der Waals surface area contributed by atoms with Crippen molar-refractivity contribution in [3.8, 4) is 5.75 Å². The molecule has 6 nitrogen and oxygen atoms in total. The minimum absolute atomic E-state index is 0. The zero-order chi connectivity index (χ0) is 20.8. The van der Waals surface area contributed by atoms with E-state index in [-0.39, 0.29) is 36.6 Å². The van der Waals surface area contributed by atoms with Crippen molar-refractivity contribution in [2.24, 2.45) is 4.99 Å². The third kappa shape index (κ3) is 5.88. The molecular weight excluding hydrogens is 510 g/mol. The molecule has 0 unspecified atom stereocenters. The molecule has 31 heavy (non-hydrogen) atoms. The van der Waals surface area contributed by atoms with Gasteiger partial charge in [-0.3, -0.25) is 4.99 Å². The molecule has 3 aromatic rings. The summed E-state index contributed by atoms with van der Waals surface area (Å²) in [5.74, 6) is 1.21. The van der Waals surface area contributed by atoms with E-state index in [0.717, 1.165) is 42.3 Å². The Kier molecular flexibility index (Phi) is 8.53. The second-order valence-electron chi connectivity index (χ2n) is 7.26. The molecule has 4 rings (SSSR count). The summed E-state index contributed by atoms with van der Waals surface area (Å²) >= 11 is 0. The van der Waals surface area contributed by atoms with Gasteiger partial charge in [0.1, 0.15) is 11.6 Å². The number of guanidine groups is 1. The van der Waals surface area contributed by atoms with Gasteiger partial charge in [0.25, 0.3) is 0 Å². The molecule has 0 atom stereocenters. The number of benzene rings is 2. The van der Waals surface area contributed by atoms with E-state index in [1.165, 1.54) is 23.0 Å². The van der Waals surface area contributed by atoms with Gasteiger partial charge in [0.2, 0.25) is 0 Å². The van der Waals surface area contributed by atoms with Crippen molar-refractivity contribution < 1.29 is 13.9 Å². The molecule has 2 aromatic carbocycles. The molecule has 1 aliphatic heterocycles. The summed E-state index contributed by atoms with van der Waals surface area (Å²) < 4.78 is 26.9. The van der Waals surface area contributed by atoms with E-state index >= 15 is 0 Å². The Bertz CT molecular complexity index is 1040. The molecule has 0 bridgehead atoms. The summed E-state index contributed by atoms with van der Waals surface area (Å²) in [6.45, 7) is 2.96. The lowest BCUT2D eigenvalue weighted by Crippen LogP contribution is -2.39. The Morgan fingerprint density at radius 1 is 1.16 bits per heavy atom. The number of aryl methyl sites for hydroxylation is 1. The highest BCUT2D eigenvalue weighted by Gasteiger charge is 2.16. The number of hydrogen-bond donors (Lipinski definition) is 2. The maximum atomic E-state index is 13.9. The molecule has 1 aliphatic rings. The fourth-order valence-corrected chi connectivity index (χ4v) is 3.77. The number of ether oxygens (including phenoxy) is 2. The quantitative estimate of drug-likeness (QED) is 0.206. The smallest absolute Gasteiger partial charge is 0.190 e. The number of rotatable bonds is 7. The van der Waals surface area contributed by atoms with Crippen LogP contribution in [0.5, 0.6) is 5.75 Å². The first-order valence-electron chi connectivity index (χ1n) is 10.2. The highest BCUT2D eigenvalue weighted by molar-refractivity contribution is 14.0. The lowest BCUT2D eigenvalue weighted by atomic mass is 10.1. The number of para-hydroxylation sites is 1. The third-order valence-corrected chi connectivity index (χ3v) is 5.21. The van der Waals surface area contributed by atoms with Crippen molar-refractivity contribution in [3.05, 3.63) is 65.6 Å². The average molecular weight is 538 g/mol. The Labute approximate surface area is 198 Å². The summed E-state index contributed by atoms with van der Waals surface area (Å²) in [5, 5.41) is 7.89. The van der Waals surface area contributed by atoms with E-state index in [4.69, 9.17) is 9.47 Å². The average Bonchev–Trinajstić information content (AvgIpc) is 3.18. The first-order chi connectivity index (χ1) is 14.7. The predicted octanol–water partition coefficient (Wildman–Crippen LogP) is 4.06. The topological polar surface area (TPSA) is 59.8 Å². The van der Waals surface area contributed by atoms with Gasteiger partial charge >= 0.3 is 0 Å². The summed E-state index contributed by atoms with van der Waals surface area (Å²) in [6.07, 6.45) is 3.74. The molecular formula is C23H28FIN4O2. The van der Waals surface area contributed by atoms with Crippen molar-refractivity contribution in [3.63, 3.8) is 0 Å². The van der Waals surface area contributed by atoms with Gasteiger partial charge in [0.15, 0.2) is 12.8 Å². The first kappa shape index (κ1) is 23.3. The fourth-order valence-electron chi connectivity index (χ4n) is 3.77. The summed E-state index contributed by atoms with van der Waals surface area (Å²) in [6, 6.07) is 13.5. The highest BCUT2D eigenvalue weighted by Crippen LogP contribution is 2.29. The van der Waals surface area contributed by atoms with Gasteiger partial charge in [-0.2, -0.15) is 0 Å². The molecule has 2 N–H and O–H groups in total. The number of aliphatic imine (C=N–C) groups is 1. The van der Waals surface area contributed by atoms with E-state index in [0.29, 0.717) is 19.6 Å². The van der Waals surface area contributed by atoms with Gasteiger partial charge in [0, 0.05) is 44.0 Å². The standard InChI is InChI=1S/C23H27FN4O2.HI/c1-25-23(26-9-4-11-28-12-8-17-5-2-3-6-21(17)28)27-10-7-18-13-20(24)14-19-15-29-16-30-22(18)19;/h2-3,5-6,8,12-14H,4,7,9-11,15-16H2,1H3,(H2,25,26,27);1H. The molecule has 0 fully saturated rings. The fraction of sp³-hybridized carbons (Fsp3) is 0.348. The van der Waals surface area contributed by atoms with E-state index in [9.17, 15) is 4.39 Å². The predicted molar refractivity (Wildman–Crippen MR) is 132 cm³/mol. The van der Waals surface area contributed by atoms with Crippen LogP contribution in [0.1, 0.15) is 17.5 Å². The Morgan fingerprint density at radius 2 is 2.00 bits per heavy atom. The lowest BCUT2D eigenvalue weighted by Gasteiger charge is -2.21. The number of nitrogens with zero attached hydrogens (tertiary/aromatic N) is 2. The molecule has 2 heterocycles.